The van der Waals surface area contributed by atoms with Crippen molar-refractivity contribution in [2.75, 3.05) is 0 Å². The number of nitrogens with zero attached hydrogens (tertiary/aromatic N) is 4. The van der Waals surface area contributed by atoms with E-state index in [2.05, 4.69) is 26.0 Å². The molecular formula is C24H17BrF3N5O2. The molecule has 11 heteroatoms. The zero-order valence-corrected chi connectivity index (χ0v) is 20.0. The quantitative estimate of drug-likeness (QED) is 0.348. The first-order chi connectivity index (χ1) is 16.6. The molecule has 0 unspecified atom stereocenters. The van der Waals surface area contributed by atoms with Gasteiger partial charge in [-0.2, -0.15) is 9.78 Å². The summed E-state index contributed by atoms with van der Waals surface area (Å²) in [5.74, 6) is 0. The van der Waals surface area contributed by atoms with Gasteiger partial charge in [0.25, 0.3) is 11.1 Å². The van der Waals surface area contributed by atoms with Gasteiger partial charge in [0.2, 0.25) is 0 Å². The third-order valence-electron chi connectivity index (χ3n) is 5.80. The number of fused-ring (bicyclic) bond motifs is 1. The maximum atomic E-state index is 13.1. The molecule has 0 amide bonds. The summed E-state index contributed by atoms with van der Waals surface area (Å²) in [6, 6.07) is 10.9. The van der Waals surface area contributed by atoms with Gasteiger partial charge in [0.05, 0.1) is 16.4 Å². The van der Waals surface area contributed by atoms with E-state index in [9.17, 15) is 22.8 Å². The molecule has 0 saturated carbocycles. The van der Waals surface area contributed by atoms with Crippen LogP contribution in [0.5, 0.6) is 0 Å². The van der Waals surface area contributed by atoms with Crippen LogP contribution in [0.4, 0.5) is 13.2 Å². The van der Waals surface area contributed by atoms with Gasteiger partial charge in [-0.05, 0) is 27.1 Å². The number of halogens is 4. The van der Waals surface area contributed by atoms with Gasteiger partial charge in [0, 0.05) is 60.8 Å². The van der Waals surface area contributed by atoms with E-state index in [0.717, 1.165) is 23.5 Å². The third-order valence-corrected chi connectivity index (χ3v) is 6.59. The average Bonchev–Trinajstić information content (AvgIpc) is 3.44. The van der Waals surface area contributed by atoms with Gasteiger partial charge in [-0.25, -0.2) is 0 Å². The van der Waals surface area contributed by atoms with Gasteiger partial charge >= 0.3 is 6.30 Å². The molecule has 35 heavy (non-hydrogen) atoms. The molecule has 0 atom stereocenters. The Morgan fingerprint density at radius 3 is 2.26 bits per heavy atom. The Labute approximate surface area is 204 Å². The number of aromatic amines is 1. The summed E-state index contributed by atoms with van der Waals surface area (Å²) < 4.78 is 42.4. The largest absolute Gasteiger partial charge is 0.504 e. The van der Waals surface area contributed by atoms with Gasteiger partial charge < -0.3 is 14.1 Å². The Bertz CT molecular complexity index is 1710. The fraction of sp³-hybridized carbons (Fsp3) is 0.125. The van der Waals surface area contributed by atoms with Crippen molar-refractivity contribution in [3.8, 4) is 33.5 Å². The molecule has 4 heterocycles. The molecule has 0 radical (unpaired) electrons. The number of benzene rings is 1. The van der Waals surface area contributed by atoms with E-state index >= 15 is 0 Å². The summed E-state index contributed by atoms with van der Waals surface area (Å²) >= 11 is 3.49. The molecular weight excluding hydrogens is 527 g/mol. The van der Waals surface area contributed by atoms with Crippen LogP contribution in [0.25, 0.3) is 44.4 Å². The maximum absolute atomic E-state index is 13.1. The Hall–Kier alpha value is -3.86. The standard InChI is InChI=1S/C24H17BrF3N5O2/c1-31-11-16(13-6-4-3-5-7-13)15(8-18(31)34)17-12-32(2)23(35)22-19(17)20(25)21(30-22)14-9-29-33(10-14)24(26,27)28/h3-12,30H,1-2H3. The molecule has 0 spiro atoms. The fourth-order valence-electron chi connectivity index (χ4n) is 4.08. The van der Waals surface area contributed by atoms with Crippen molar-refractivity contribution in [1.29, 1.82) is 0 Å². The number of nitrogens with one attached hydrogen (secondary N) is 1. The van der Waals surface area contributed by atoms with Crippen LogP contribution in [-0.2, 0) is 20.4 Å². The molecule has 5 rings (SSSR count). The Morgan fingerprint density at radius 2 is 1.60 bits per heavy atom. The Morgan fingerprint density at radius 1 is 0.914 bits per heavy atom. The number of H-pyrrole nitrogens is 1. The minimum absolute atomic E-state index is 0.103. The molecule has 0 aliphatic carbocycles. The van der Waals surface area contributed by atoms with E-state index in [1.165, 1.54) is 15.2 Å². The zero-order chi connectivity index (χ0) is 25.1. The number of rotatable bonds is 3. The zero-order valence-electron chi connectivity index (χ0n) is 18.4. The molecule has 0 aliphatic heterocycles. The summed E-state index contributed by atoms with van der Waals surface area (Å²) in [5.41, 5.74) is 2.74. The highest BCUT2D eigenvalue weighted by atomic mass is 79.9. The normalized spacial score (nSPS) is 11.9. The minimum Gasteiger partial charge on any atom is -0.349 e. The number of aryl methyl sites for hydroxylation is 2. The monoisotopic (exact) mass is 543 g/mol. The van der Waals surface area contributed by atoms with Crippen LogP contribution >= 0.6 is 15.9 Å². The minimum atomic E-state index is -4.67. The van der Waals surface area contributed by atoms with Crippen molar-refractivity contribution in [2.45, 2.75) is 6.30 Å². The highest BCUT2D eigenvalue weighted by molar-refractivity contribution is 9.10. The molecule has 5 aromatic rings. The van der Waals surface area contributed by atoms with Crippen LogP contribution in [0.3, 0.4) is 0 Å². The smallest absolute Gasteiger partial charge is 0.349 e. The molecule has 4 aromatic heterocycles. The molecule has 0 fully saturated rings. The van der Waals surface area contributed by atoms with E-state index in [1.54, 1.807) is 26.5 Å². The Kier molecular flexibility index (Phi) is 5.32. The third kappa shape index (κ3) is 3.81. The SMILES string of the molecule is Cn1cc(-c2ccccc2)c(-c2cn(C)c(=O)c3[nH]c(-c4cnn(C(F)(F)F)c4)c(Br)c23)cc1=O. The van der Waals surface area contributed by atoms with Crippen LogP contribution in [0.15, 0.2) is 75.2 Å². The van der Waals surface area contributed by atoms with Crippen LogP contribution in [0.2, 0.25) is 0 Å². The van der Waals surface area contributed by atoms with Gasteiger partial charge in [-0.15, -0.1) is 13.2 Å². The second kappa shape index (κ2) is 8.12. The molecule has 178 valence electrons. The first-order valence-electron chi connectivity index (χ1n) is 10.4. The molecule has 0 bridgehead atoms. The summed E-state index contributed by atoms with van der Waals surface area (Å²) in [4.78, 5) is 28.6. The van der Waals surface area contributed by atoms with E-state index in [4.69, 9.17) is 0 Å². The highest BCUT2D eigenvalue weighted by Crippen LogP contribution is 2.41. The van der Waals surface area contributed by atoms with Crippen molar-refractivity contribution in [1.82, 2.24) is 23.9 Å². The summed E-state index contributed by atoms with van der Waals surface area (Å²) in [5, 5.41) is 3.85. The lowest BCUT2D eigenvalue weighted by atomic mass is 9.95. The lowest BCUT2D eigenvalue weighted by Crippen LogP contribution is -2.18. The molecule has 1 N–H and O–H groups in total. The number of aromatic nitrogens is 5. The average molecular weight is 544 g/mol. The van der Waals surface area contributed by atoms with Crippen LogP contribution in [-0.4, -0.2) is 23.9 Å². The molecule has 1 aromatic carbocycles. The van der Waals surface area contributed by atoms with Crippen LogP contribution in [0.1, 0.15) is 0 Å². The fourth-order valence-corrected chi connectivity index (χ4v) is 4.82. The maximum Gasteiger partial charge on any atom is 0.504 e. The topological polar surface area (TPSA) is 77.6 Å². The Balaban J connectivity index is 1.84. The second-order valence-electron chi connectivity index (χ2n) is 8.08. The van der Waals surface area contributed by atoms with Crippen molar-refractivity contribution in [2.24, 2.45) is 14.1 Å². The lowest BCUT2D eigenvalue weighted by molar-refractivity contribution is -0.212. The predicted molar refractivity (Wildman–Crippen MR) is 130 cm³/mol. The van der Waals surface area contributed by atoms with Gasteiger partial charge in [-0.3, -0.25) is 9.59 Å². The van der Waals surface area contributed by atoms with E-state index in [0.29, 0.717) is 21.0 Å². The first kappa shape index (κ1) is 22.9. The van der Waals surface area contributed by atoms with E-state index in [1.807, 2.05) is 30.3 Å². The van der Waals surface area contributed by atoms with E-state index in [-0.39, 0.29) is 32.6 Å². The summed E-state index contributed by atoms with van der Waals surface area (Å²) in [7, 11) is 3.22. The highest BCUT2D eigenvalue weighted by Gasteiger charge is 2.32. The second-order valence-corrected chi connectivity index (χ2v) is 8.87. The number of alkyl halides is 3. The number of hydrogen-bond donors (Lipinski definition) is 1. The molecule has 7 nitrogen and oxygen atoms in total. The summed E-state index contributed by atoms with van der Waals surface area (Å²) in [6.07, 6.45) is 0.576. The summed E-state index contributed by atoms with van der Waals surface area (Å²) in [6.45, 7) is 0. The van der Waals surface area contributed by atoms with Gasteiger partial charge in [0.15, 0.2) is 0 Å². The number of pyridine rings is 2. The molecule has 0 aliphatic rings. The van der Waals surface area contributed by atoms with Crippen molar-refractivity contribution < 1.29 is 13.2 Å². The van der Waals surface area contributed by atoms with Gasteiger partial charge in [-0.1, -0.05) is 30.3 Å². The van der Waals surface area contributed by atoms with Crippen LogP contribution < -0.4 is 11.1 Å². The first-order valence-corrected chi connectivity index (χ1v) is 11.1. The molecule has 0 saturated heterocycles. The lowest BCUT2D eigenvalue weighted by Gasteiger charge is -2.14. The van der Waals surface area contributed by atoms with Crippen molar-refractivity contribution >= 4 is 26.8 Å². The van der Waals surface area contributed by atoms with Crippen molar-refractivity contribution in [3.05, 3.63) is 86.4 Å². The van der Waals surface area contributed by atoms with Crippen LogP contribution in [0, 0.1) is 0 Å². The van der Waals surface area contributed by atoms with E-state index < -0.39 is 6.30 Å². The van der Waals surface area contributed by atoms with Gasteiger partial charge in [0.1, 0.15) is 5.52 Å². The predicted octanol–water partition coefficient (Wildman–Crippen LogP) is 5.00. The number of hydrogen-bond acceptors (Lipinski definition) is 3. The van der Waals surface area contributed by atoms with Crippen molar-refractivity contribution in [3.63, 3.8) is 0 Å².